The van der Waals surface area contributed by atoms with Gasteiger partial charge in [0.2, 0.25) is 0 Å². The minimum Gasteiger partial charge on any atom is -0.506 e. The number of hydrogen-bond donors (Lipinski definition) is 3. The van der Waals surface area contributed by atoms with Crippen LogP contribution in [0.5, 0.6) is 5.75 Å². The van der Waals surface area contributed by atoms with Crippen LogP contribution in [0.1, 0.15) is 30.5 Å². The minimum absolute atomic E-state index is 0.115. The molecule has 6 nitrogen and oxygen atoms in total. The van der Waals surface area contributed by atoms with Crippen molar-refractivity contribution in [3.05, 3.63) is 53.3 Å². The van der Waals surface area contributed by atoms with Gasteiger partial charge in [-0.2, -0.15) is 0 Å². The third-order valence-corrected chi connectivity index (χ3v) is 5.54. The number of nitrogens with zero attached hydrogens (tertiary/aromatic N) is 2. The first-order chi connectivity index (χ1) is 11.9. The van der Waals surface area contributed by atoms with Crippen LogP contribution in [0.3, 0.4) is 0 Å². The highest BCUT2D eigenvalue weighted by molar-refractivity contribution is 7.60. The molecule has 3 N–H and O–H groups in total. The smallest absolute Gasteiger partial charge is 0.356 e. The minimum atomic E-state index is -4.30. The summed E-state index contributed by atoms with van der Waals surface area (Å²) in [4.78, 5) is 23.5. The van der Waals surface area contributed by atoms with E-state index in [0.717, 1.165) is 22.2 Å². The van der Waals surface area contributed by atoms with Gasteiger partial charge in [-0.3, -0.25) is 4.57 Å². The quantitative estimate of drug-likeness (QED) is 0.608. The lowest BCUT2D eigenvalue weighted by molar-refractivity contribution is 0.387. The molecule has 0 bridgehead atoms. The van der Waals surface area contributed by atoms with Crippen molar-refractivity contribution in [1.82, 2.24) is 9.55 Å². The summed E-state index contributed by atoms with van der Waals surface area (Å²) in [6.07, 6.45) is 2.92. The van der Waals surface area contributed by atoms with Crippen LogP contribution in [0.25, 0.3) is 11.0 Å². The zero-order chi connectivity index (χ0) is 18.2. The van der Waals surface area contributed by atoms with E-state index >= 15 is 0 Å². The Hall–Kier alpha value is -2.14. The molecule has 3 rings (SSSR count). The molecule has 132 valence electrons. The first-order valence-electron chi connectivity index (χ1n) is 8.19. The predicted molar refractivity (Wildman–Crippen MR) is 97.4 cm³/mol. The van der Waals surface area contributed by atoms with Gasteiger partial charge in [0.05, 0.1) is 17.1 Å². The number of aromatic nitrogens is 2. The topological polar surface area (TPSA) is 95.6 Å². The molecule has 0 aliphatic rings. The Balaban J connectivity index is 2.11. The van der Waals surface area contributed by atoms with Crippen LogP contribution in [-0.2, 0) is 24.0 Å². The van der Waals surface area contributed by atoms with E-state index in [1.165, 1.54) is 6.07 Å². The van der Waals surface area contributed by atoms with E-state index in [9.17, 15) is 19.5 Å². The van der Waals surface area contributed by atoms with E-state index in [0.29, 0.717) is 24.9 Å². The van der Waals surface area contributed by atoms with Crippen LogP contribution in [0.2, 0.25) is 0 Å². The van der Waals surface area contributed by atoms with Crippen molar-refractivity contribution >= 4 is 23.9 Å². The molecule has 0 saturated carbocycles. The number of hydrogen-bond acceptors (Lipinski definition) is 3. The van der Waals surface area contributed by atoms with E-state index in [1.54, 1.807) is 24.5 Å². The van der Waals surface area contributed by atoms with Crippen LogP contribution >= 0.6 is 7.60 Å². The van der Waals surface area contributed by atoms with Crippen LogP contribution in [0, 0.1) is 0 Å². The van der Waals surface area contributed by atoms with Crippen molar-refractivity contribution < 1.29 is 19.5 Å². The van der Waals surface area contributed by atoms with Gasteiger partial charge < -0.3 is 19.5 Å². The number of aromatic hydroxyl groups is 1. The standard InChI is InChI=1S/C18H21N2O4P/c1-3-13-12(8-9-17(14(13)4-2)25(22,23)24)10-20-11-19-18-15(20)6-5-7-16(18)21/h5-9,11,21H,3-4,10H2,1-2H3,(H2,22,23,24). The van der Waals surface area contributed by atoms with E-state index in [4.69, 9.17) is 0 Å². The van der Waals surface area contributed by atoms with Crippen LogP contribution in [-0.4, -0.2) is 24.4 Å². The fourth-order valence-corrected chi connectivity index (χ4v) is 4.28. The van der Waals surface area contributed by atoms with Gasteiger partial charge in [-0.1, -0.05) is 26.0 Å². The highest BCUT2D eigenvalue weighted by Gasteiger charge is 2.24. The SMILES string of the molecule is CCc1c(Cn2cnc3c(O)cccc32)ccc(P(=O)(O)O)c1CC. The molecule has 0 aliphatic heterocycles. The number of imidazole rings is 1. The van der Waals surface area contributed by atoms with Gasteiger partial charge in [0.1, 0.15) is 11.3 Å². The third kappa shape index (κ3) is 3.21. The van der Waals surface area contributed by atoms with Crippen molar-refractivity contribution in [3.63, 3.8) is 0 Å². The lowest BCUT2D eigenvalue weighted by Gasteiger charge is -2.18. The summed E-state index contributed by atoms with van der Waals surface area (Å²) in [7, 11) is -4.30. The zero-order valence-corrected chi connectivity index (χ0v) is 15.1. The largest absolute Gasteiger partial charge is 0.506 e. The first-order valence-corrected chi connectivity index (χ1v) is 9.80. The second-order valence-electron chi connectivity index (χ2n) is 5.97. The second-order valence-corrected chi connectivity index (χ2v) is 7.54. The van der Waals surface area contributed by atoms with Crippen LogP contribution < -0.4 is 5.30 Å². The summed E-state index contributed by atoms with van der Waals surface area (Å²) >= 11 is 0. The normalized spacial score (nSPS) is 12.0. The Labute approximate surface area is 145 Å². The lowest BCUT2D eigenvalue weighted by atomic mass is 9.97. The summed E-state index contributed by atoms with van der Waals surface area (Å²) in [5, 5.41) is 10.0. The highest BCUT2D eigenvalue weighted by Crippen LogP contribution is 2.36. The monoisotopic (exact) mass is 360 g/mol. The van der Waals surface area contributed by atoms with Gasteiger partial charge in [0.15, 0.2) is 0 Å². The van der Waals surface area contributed by atoms with Gasteiger partial charge in [-0.25, -0.2) is 4.98 Å². The van der Waals surface area contributed by atoms with E-state index in [2.05, 4.69) is 4.98 Å². The molecular formula is C18H21N2O4P. The summed E-state index contributed by atoms with van der Waals surface area (Å²) < 4.78 is 13.7. The van der Waals surface area contributed by atoms with Crippen molar-refractivity contribution in [2.75, 3.05) is 0 Å². The Kier molecular flexibility index (Phi) is 4.69. The van der Waals surface area contributed by atoms with Crippen LogP contribution in [0.15, 0.2) is 36.7 Å². The first kappa shape index (κ1) is 17.7. The Morgan fingerprint density at radius 2 is 1.80 bits per heavy atom. The molecule has 1 heterocycles. The number of para-hydroxylation sites is 1. The number of rotatable bonds is 5. The number of fused-ring (bicyclic) bond motifs is 1. The molecule has 7 heteroatoms. The zero-order valence-electron chi connectivity index (χ0n) is 14.2. The molecule has 0 spiro atoms. The Bertz CT molecular complexity index is 975. The van der Waals surface area contributed by atoms with E-state index < -0.39 is 7.60 Å². The average molecular weight is 360 g/mol. The molecule has 25 heavy (non-hydrogen) atoms. The molecule has 0 aliphatic carbocycles. The summed E-state index contributed by atoms with van der Waals surface area (Å²) in [5.41, 5.74) is 4.05. The molecule has 0 saturated heterocycles. The van der Waals surface area contributed by atoms with Crippen LogP contribution in [0.4, 0.5) is 0 Å². The summed E-state index contributed by atoms with van der Waals surface area (Å²) in [6, 6.07) is 8.57. The number of phenolic OH excluding ortho intramolecular Hbond substituents is 1. The third-order valence-electron chi connectivity index (χ3n) is 4.49. The molecule has 3 aromatic rings. The summed E-state index contributed by atoms with van der Waals surface area (Å²) in [5.74, 6) is 0.137. The highest BCUT2D eigenvalue weighted by atomic mass is 31.2. The Morgan fingerprint density at radius 1 is 1.08 bits per heavy atom. The van der Waals surface area contributed by atoms with E-state index in [-0.39, 0.29) is 11.1 Å². The fraction of sp³-hybridized carbons (Fsp3) is 0.278. The van der Waals surface area contributed by atoms with Crippen molar-refractivity contribution in [3.8, 4) is 5.75 Å². The molecule has 1 aromatic heterocycles. The molecule has 0 fully saturated rings. The van der Waals surface area contributed by atoms with Crippen molar-refractivity contribution in [2.24, 2.45) is 0 Å². The Morgan fingerprint density at radius 3 is 2.44 bits per heavy atom. The average Bonchev–Trinajstić information content (AvgIpc) is 2.97. The summed E-state index contributed by atoms with van der Waals surface area (Å²) in [6.45, 7) is 4.42. The second kappa shape index (κ2) is 6.64. The molecular weight excluding hydrogens is 339 g/mol. The molecule has 0 radical (unpaired) electrons. The van der Waals surface area contributed by atoms with Gasteiger partial charge >= 0.3 is 7.60 Å². The fourth-order valence-electron chi connectivity index (χ4n) is 3.37. The molecule has 0 unspecified atom stereocenters. The molecule has 0 amide bonds. The van der Waals surface area contributed by atoms with Crippen molar-refractivity contribution in [1.29, 1.82) is 0 Å². The lowest BCUT2D eigenvalue weighted by Crippen LogP contribution is -2.16. The maximum absolute atomic E-state index is 11.8. The maximum atomic E-state index is 11.8. The predicted octanol–water partition coefficient (Wildman–Crippen LogP) is 2.72. The molecule has 0 atom stereocenters. The van der Waals surface area contributed by atoms with Gasteiger partial charge in [-0.15, -0.1) is 0 Å². The van der Waals surface area contributed by atoms with Crippen molar-refractivity contribution in [2.45, 2.75) is 33.2 Å². The molecule has 2 aromatic carbocycles. The van der Waals surface area contributed by atoms with Gasteiger partial charge in [0.25, 0.3) is 0 Å². The van der Waals surface area contributed by atoms with Gasteiger partial charge in [-0.05, 0) is 47.7 Å². The number of phenols is 1. The van der Waals surface area contributed by atoms with E-state index in [1.807, 2.05) is 24.5 Å². The maximum Gasteiger partial charge on any atom is 0.356 e. The van der Waals surface area contributed by atoms with Gasteiger partial charge in [0, 0.05) is 6.54 Å². The number of benzene rings is 2.